The number of ether oxygens (including phenoxy) is 2. The minimum absolute atomic E-state index is 0.0419. The van der Waals surface area contributed by atoms with Gasteiger partial charge in [-0.3, -0.25) is 4.57 Å². The van der Waals surface area contributed by atoms with E-state index in [9.17, 15) is 19.4 Å². The predicted molar refractivity (Wildman–Crippen MR) is 148 cm³/mol. The molecule has 0 amide bonds. The Labute approximate surface area is 230 Å². The number of likely N-dealkylation sites (N-methyl/N-ethyl adjacent to an activating group) is 1. The van der Waals surface area contributed by atoms with E-state index in [-0.39, 0.29) is 6.61 Å². The van der Waals surface area contributed by atoms with Gasteiger partial charge in [-0.15, -0.1) is 6.58 Å². The SMILES string of the molecule is C=CCCCC[C@H](C)CCC/C=C\C#CCC[C@H](OC)C(=O)OC[C@@H](O)COP(=O)([O-])OCC[N+](C)(C)C. The number of esters is 1. The second kappa shape index (κ2) is 21.3. The molecule has 0 heterocycles. The summed E-state index contributed by atoms with van der Waals surface area (Å²) in [6.45, 7) is 5.47. The van der Waals surface area contributed by atoms with Crippen LogP contribution in [0.25, 0.3) is 0 Å². The number of nitrogens with zero attached hydrogens (tertiary/aromatic N) is 1. The van der Waals surface area contributed by atoms with Gasteiger partial charge in [0.2, 0.25) is 0 Å². The van der Waals surface area contributed by atoms with Crippen molar-refractivity contribution in [2.24, 2.45) is 5.92 Å². The zero-order valence-electron chi connectivity index (χ0n) is 24.1. The highest BCUT2D eigenvalue weighted by Crippen LogP contribution is 2.38. The Kier molecular flexibility index (Phi) is 20.5. The van der Waals surface area contributed by atoms with Gasteiger partial charge in [0.15, 0.2) is 6.10 Å². The molecule has 38 heavy (non-hydrogen) atoms. The van der Waals surface area contributed by atoms with Gasteiger partial charge in [-0.2, -0.15) is 0 Å². The van der Waals surface area contributed by atoms with Gasteiger partial charge in [0.1, 0.15) is 25.9 Å². The molecule has 10 heteroatoms. The Morgan fingerprint density at radius 3 is 2.47 bits per heavy atom. The first-order valence-corrected chi connectivity index (χ1v) is 14.9. The molecule has 0 aromatic heterocycles. The van der Waals surface area contributed by atoms with Crippen molar-refractivity contribution in [3.05, 3.63) is 24.8 Å². The smallest absolute Gasteiger partial charge is 0.335 e. The third kappa shape index (κ3) is 22.5. The highest BCUT2D eigenvalue weighted by Gasteiger charge is 2.21. The lowest BCUT2D eigenvalue weighted by Crippen LogP contribution is -2.37. The molecule has 0 saturated heterocycles. The van der Waals surface area contributed by atoms with Crippen molar-refractivity contribution in [1.82, 2.24) is 0 Å². The number of carbonyl (C=O) groups is 1. The molecule has 0 aliphatic rings. The summed E-state index contributed by atoms with van der Waals surface area (Å²) in [4.78, 5) is 24.0. The molecule has 0 aromatic rings. The van der Waals surface area contributed by atoms with Crippen molar-refractivity contribution in [3.63, 3.8) is 0 Å². The lowest BCUT2D eigenvalue weighted by atomic mass is 9.97. The minimum Gasteiger partial charge on any atom is -0.756 e. The molecule has 0 spiro atoms. The van der Waals surface area contributed by atoms with Gasteiger partial charge in [-0.25, -0.2) is 4.79 Å². The topological polar surface area (TPSA) is 114 Å². The summed E-state index contributed by atoms with van der Waals surface area (Å²) in [6.07, 6.45) is 12.7. The monoisotopic (exact) mass is 559 g/mol. The fourth-order valence-corrected chi connectivity index (χ4v) is 4.01. The van der Waals surface area contributed by atoms with Crippen LogP contribution in [0.5, 0.6) is 0 Å². The molecular formula is C28H50NO8P. The zero-order valence-corrected chi connectivity index (χ0v) is 25.0. The molecule has 220 valence electrons. The van der Waals surface area contributed by atoms with Gasteiger partial charge in [-0.05, 0) is 44.1 Å². The van der Waals surface area contributed by atoms with Crippen LogP contribution < -0.4 is 4.89 Å². The van der Waals surface area contributed by atoms with Gasteiger partial charge < -0.3 is 33.0 Å². The summed E-state index contributed by atoms with van der Waals surface area (Å²) in [7, 11) is 2.52. The number of aliphatic hydroxyl groups excluding tert-OH is 1. The quantitative estimate of drug-likeness (QED) is 0.0529. The number of rotatable bonds is 22. The number of carbonyl (C=O) groups excluding carboxylic acids is 1. The Hall–Kier alpha value is -1.50. The molecule has 1 unspecified atom stereocenters. The van der Waals surface area contributed by atoms with Gasteiger partial charge in [0.25, 0.3) is 7.82 Å². The first-order chi connectivity index (χ1) is 17.9. The van der Waals surface area contributed by atoms with Gasteiger partial charge >= 0.3 is 5.97 Å². The number of aliphatic hydroxyl groups is 1. The van der Waals surface area contributed by atoms with Gasteiger partial charge in [-0.1, -0.05) is 50.2 Å². The molecule has 0 rings (SSSR count). The van der Waals surface area contributed by atoms with Crippen LogP contribution >= 0.6 is 7.82 Å². The molecule has 1 N–H and O–H groups in total. The fourth-order valence-electron chi connectivity index (χ4n) is 3.28. The molecule has 0 aliphatic heterocycles. The number of hydrogen-bond donors (Lipinski definition) is 1. The van der Waals surface area contributed by atoms with E-state index < -0.39 is 39.2 Å². The Balaban J connectivity index is 4.11. The molecule has 4 atom stereocenters. The number of phosphoric ester groups is 1. The van der Waals surface area contributed by atoms with E-state index in [0.29, 0.717) is 23.9 Å². The third-order valence-corrected chi connectivity index (χ3v) is 6.62. The van der Waals surface area contributed by atoms with E-state index in [1.54, 1.807) is 0 Å². The standard InChI is InChI=1S/C28H50NO8P/c1-7-8-9-15-18-25(2)19-16-13-11-10-12-14-17-20-27(34-6)28(31)35-23-26(30)24-37-38(32,33)36-22-21-29(3,4)5/h7,10-11,25-27,30H,1,8-9,13,15-24H2,2-6H3/b11-10-/t25-,26+,27-/m0/s1. The van der Waals surface area contributed by atoms with Crippen LogP contribution in [0.2, 0.25) is 0 Å². The van der Waals surface area contributed by atoms with Crippen molar-refractivity contribution in [3.8, 4) is 11.8 Å². The normalized spacial score (nSPS) is 15.8. The molecule has 9 nitrogen and oxygen atoms in total. The second-order valence-electron chi connectivity index (χ2n) is 10.5. The van der Waals surface area contributed by atoms with Crippen molar-refractivity contribution < 1.29 is 42.4 Å². The number of phosphoric acid groups is 1. The maximum absolute atomic E-state index is 12.2. The molecule has 0 fully saturated rings. The number of allylic oxidation sites excluding steroid dienone is 3. The third-order valence-electron chi connectivity index (χ3n) is 5.66. The maximum Gasteiger partial charge on any atom is 0.335 e. The first-order valence-electron chi connectivity index (χ1n) is 13.4. The van der Waals surface area contributed by atoms with Crippen LogP contribution in [-0.4, -0.2) is 82.4 Å². The van der Waals surface area contributed by atoms with Crippen molar-refractivity contribution in [2.75, 3.05) is 54.6 Å². The van der Waals surface area contributed by atoms with Crippen LogP contribution in [-0.2, 0) is 27.9 Å². The molecule has 0 aromatic carbocycles. The van der Waals surface area contributed by atoms with E-state index >= 15 is 0 Å². The van der Waals surface area contributed by atoms with E-state index in [1.165, 1.54) is 32.8 Å². The average molecular weight is 560 g/mol. The number of unbranched alkanes of at least 4 members (excludes halogenated alkanes) is 3. The number of quaternary nitrogens is 1. The minimum atomic E-state index is -4.56. The van der Waals surface area contributed by atoms with E-state index in [4.69, 9.17) is 14.0 Å². The van der Waals surface area contributed by atoms with Crippen LogP contribution in [0.15, 0.2) is 24.8 Å². The van der Waals surface area contributed by atoms with E-state index in [2.05, 4.69) is 35.9 Å². The summed E-state index contributed by atoms with van der Waals surface area (Å²) in [5.41, 5.74) is 0. The maximum atomic E-state index is 12.2. The lowest BCUT2D eigenvalue weighted by Gasteiger charge is -2.27. The predicted octanol–water partition coefficient (Wildman–Crippen LogP) is 4.01. The lowest BCUT2D eigenvalue weighted by molar-refractivity contribution is -0.870. The second-order valence-corrected chi connectivity index (χ2v) is 11.9. The Bertz CT molecular complexity index is 784. The highest BCUT2D eigenvalue weighted by atomic mass is 31.2. The van der Waals surface area contributed by atoms with Crippen molar-refractivity contribution in [2.45, 2.75) is 76.9 Å². The summed E-state index contributed by atoms with van der Waals surface area (Å²) in [6, 6.07) is 0. The molecule has 0 aliphatic carbocycles. The van der Waals surface area contributed by atoms with Gasteiger partial charge in [0, 0.05) is 13.5 Å². The summed E-state index contributed by atoms with van der Waals surface area (Å²) >= 11 is 0. The highest BCUT2D eigenvalue weighted by molar-refractivity contribution is 7.45. The van der Waals surface area contributed by atoms with Crippen LogP contribution in [0, 0.1) is 17.8 Å². The molecular weight excluding hydrogens is 509 g/mol. The van der Waals surface area contributed by atoms with Crippen LogP contribution in [0.3, 0.4) is 0 Å². The summed E-state index contributed by atoms with van der Waals surface area (Å²) in [5.74, 6) is 6.04. The molecule has 0 saturated carbocycles. The summed E-state index contributed by atoms with van der Waals surface area (Å²) < 4.78 is 31.9. The largest absolute Gasteiger partial charge is 0.756 e. The number of methoxy groups -OCH3 is 1. The zero-order chi connectivity index (χ0) is 28.9. The van der Waals surface area contributed by atoms with E-state index in [0.717, 1.165) is 25.2 Å². The van der Waals surface area contributed by atoms with Crippen LogP contribution in [0.1, 0.15) is 64.7 Å². The summed E-state index contributed by atoms with van der Waals surface area (Å²) in [5, 5.41) is 9.90. The Morgan fingerprint density at radius 1 is 1.11 bits per heavy atom. The van der Waals surface area contributed by atoms with E-state index in [1.807, 2.05) is 33.3 Å². The first kappa shape index (κ1) is 36.5. The Morgan fingerprint density at radius 2 is 1.82 bits per heavy atom. The fraction of sp³-hybridized carbons (Fsp3) is 0.750. The van der Waals surface area contributed by atoms with Crippen molar-refractivity contribution >= 4 is 13.8 Å². The average Bonchev–Trinajstić information content (AvgIpc) is 2.84. The molecule has 0 bridgehead atoms. The molecule has 0 radical (unpaired) electrons. The van der Waals surface area contributed by atoms with Crippen molar-refractivity contribution in [1.29, 1.82) is 0 Å². The van der Waals surface area contributed by atoms with Gasteiger partial charge in [0.05, 0.1) is 27.7 Å². The number of hydrogen-bond acceptors (Lipinski definition) is 8. The van der Waals surface area contributed by atoms with Crippen LogP contribution in [0.4, 0.5) is 0 Å².